The Labute approximate surface area is 87.5 Å². The van der Waals surface area contributed by atoms with Crippen LogP contribution in [0.1, 0.15) is 18.7 Å². The summed E-state index contributed by atoms with van der Waals surface area (Å²) in [5.74, 6) is 0.670. The molecular formula is C11H14FN3. The van der Waals surface area contributed by atoms with E-state index in [0.29, 0.717) is 6.54 Å². The maximum Gasteiger partial charge on any atom is 0.125 e. The van der Waals surface area contributed by atoms with E-state index in [1.165, 1.54) is 12.1 Å². The molecule has 0 radical (unpaired) electrons. The van der Waals surface area contributed by atoms with Gasteiger partial charge in [0.15, 0.2) is 0 Å². The molecule has 0 saturated carbocycles. The quantitative estimate of drug-likeness (QED) is 0.753. The van der Waals surface area contributed by atoms with Crippen LogP contribution in [0, 0.1) is 5.82 Å². The van der Waals surface area contributed by atoms with E-state index in [2.05, 4.69) is 9.97 Å². The summed E-state index contributed by atoms with van der Waals surface area (Å²) in [5, 5.41) is 0. The van der Waals surface area contributed by atoms with E-state index in [0.717, 1.165) is 36.1 Å². The molecule has 0 unspecified atom stereocenters. The molecule has 1 aromatic heterocycles. The van der Waals surface area contributed by atoms with Crippen LogP contribution in [0.5, 0.6) is 0 Å². The van der Waals surface area contributed by atoms with Gasteiger partial charge < -0.3 is 10.7 Å². The molecule has 0 atom stereocenters. The van der Waals surface area contributed by atoms with Gasteiger partial charge in [0.05, 0.1) is 11.0 Å². The molecule has 0 bridgehead atoms. The Hall–Kier alpha value is -1.42. The van der Waals surface area contributed by atoms with Crippen LogP contribution in [0.15, 0.2) is 18.2 Å². The number of imidazole rings is 1. The maximum atomic E-state index is 12.9. The molecule has 15 heavy (non-hydrogen) atoms. The molecule has 0 amide bonds. The summed E-state index contributed by atoms with van der Waals surface area (Å²) in [5.41, 5.74) is 6.99. The van der Waals surface area contributed by atoms with Gasteiger partial charge in [0.1, 0.15) is 11.6 Å². The second-order valence-corrected chi connectivity index (χ2v) is 3.59. The van der Waals surface area contributed by atoms with Crippen molar-refractivity contribution in [2.75, 3.05) is 6.54 Å². The first-order valence-electron chi connectivity index (χ1n) is 5.14. The van der Waals surface area contributed by atoms with Crippen LogP contribution in [0.3, 0.4) is 0 Å². The van der Waals surface area contributed by atoms with Crippen molar-refractivity contribution in [3.8, 4) is 0 Å². The van der Waals surface area contributed by atoms with Crippen molar-refractivity contribution in [2.45, 2.75) is 19.3 Å². The molecule has 1 heterocycles. The van der Waals surface area contributed by atoms with Crippen molar-refractivity contribution in [1.82, 2.24) is 9.97 Å². The minimum atomic E-state index is -0.236. The number of hydrogen-bond acceptors (Lipinski definition) is 2. The zero-order valence-corrected chi connectivity index (χ0v) is 8.46. The first-order valence-corrected chi connectivity index (χ1v) is 5.14. The topological polar surface area (TPSA) is 54.7 Å². The van der Waals surface area contributed by atoms with Crippen molar-refractivity contribution in [1.29, 1.82) is 0 Å². The molecule has 0 aliphatic heterocycles. The Morgan fingerprint density at radius 2 is 2.20 bits per heavy atom. The molecule has 0 aliphatic rings. The van der Waals surface area contributed by atoms with Crippen LogP contribution < -0.4 is 5.73 Å². The summed E-state index contributed by atoms with van der Waals surface area (Å²) in [4.78, 5) is 7.47. The van der Waals surface area contributed by atoms with E-state index in [1.807, 2.05) is 0 Å². The summed E-state index contributed by atoms with van der Waals surface area (Å²) < 4.78 is 12.9. The zero-order chi connectivity index (χ0) is 10.7. The lowest BCUT2D eigenvalue weighted by Gasteiger charge is -1.93. The summed E-state index contributed by atoms with van der Waals surface area (Å²) >= 11 is 0. The van der Waals surface area contributed by atoms with Crippen molar-refractivity contribution < 1.29 is 4.39 Å². The predicted molar refractivity (Wildman–Crippen MR) is 58.0 cm³/mol. The van der Waals surface area contributed by atoms with Gasteiger partial charge in [0, 0.05) is 6.42 Å². The van der Waals surface area contributed by atoms with Crippen LogP contribution >= 0.6 is 0 Å². The number of nitrogens with zero attached hydrogens (tertiary/aromatic N) is 1. The number of aromatic amines is 1. The number of halogens is 1. The van der Waals surface area contributed by atoms with Crippen molar-refractivity contribution in [3.63, 3.8) is 0 Å². The lowest BCUT2D eigenvalue weighted by Crippen LogP contribution is -1.99. The van der Waals surface area contributed by atoms with E-state index in [4.69, 9.17) is 5.73 Å². The minimum absolute atomic E-state index is 0.236. The lowest BCUT2D eigenvalue weighted by atomic mass is 10.2. The fourth-order valence-corrected chi connectivity index (χ4v) is 1.59. The van der Waals surface area contributed by atoms with Crippen molar-refractivity contribution >= 4 is 11.0 Å². The van der Waals surface area contributed by atoms with Crippen LogP contribution in [-0.4, -0.2) is 16.5 Å². The minimum Gasteiger partial charge on any atom is -0.342 e. The number of nitrogens with one attached hydrogen (secondary N) is 1. The highest BCUT2D eigenvalue weighted by molar-refractivity contribution is 5.74. The van der Waals surface area contributed by atoms with Gasteiger partial charge in [-0.05, 0) is 37.6 Å². The van der Waals surface area contributed by atoms with E-state index in [-0.39, 0.29) is 5.82 Å². The molecule has 1 aromatic carbocycles. The highest BCUT2D eigenvalue weighted by atomic mass is 19.1. The number of benzene rings is 1. The number of hydrogen-bond donors (Lipinski definition) is 2. The molecule has 0 fully saturated rings. The third-order valence-electron chi connectivity index (χ3n) is 2.36. The highest BCUT2D eigenvalue weighted by Gasteiger charge is 2.02. The van der Waals surface area contributed by atoms with Crippen LogP contribution in [0.4, 0.5) is 4.39 Å². The van der Waals surface area contributed by atoms with Crippen molar-refractivity contribution in [3.05, 3.63) is 29.8 Å². The van der Waals surface area contributed by atoms with Crippen molar-refractivity contribution in [2.24, 2.45) is 5.73 Å². The van der Waals surface area contributed by atoms with Gasteiger partial charge in [-0.3, -0.25) is 0 Å². The number of nitrogens with two attached hydrogens (primary N) is 1. The number of unbranched alkanes of at least 4 members (excludes halogenated alkanes) is 1. The second-order valence-electron chi connectivity index (χ2n) is 3.59. The fraction of sp³-hybridized carbons (Fsp3) is 0.364. The molecule has 4 heteroatoms. The monoisotopic (exact) mass is 207 g/mol. The first kappa shape index (κ1) is 10.1. The third kappa shape index (κ3) is 2.33. The van der Waals surface area contributed by atoms with Gasteiger partial charge >= 0.3 is 0 Å². The Morgan fingerprint density at radius 1 is 1.33 bits per heavy atom. The van der Waals surface area contributed by atoms with E-state index >= 15 is 0 Å². The normalized spacial score (nSPS) is 11.1. The smallest absolute Gasteiger partial charge is 0.125 e. The molecule has 2 rings (SSSR count). The number of aromatic nitrogens is 2. The number of rotatable bonds is 4. The number of aryl methyl sites for hydroxylation is 1. The van der Waals surface area contributed by atoms with Crippen LogP contribution in [-0.2, 0) is 6.42 Å². The Morgan fingerprint density at radius 3 is 3.00 bits per heavy atom. The van der Waals surface area contributed by atoms with Gasteiger partial charge in [-0.25, -0.2) is 9.37 Å². The van der Waals surface area contributed by atoms with E-state index in [9.17, 15) is 4.39 Å². The molecule has 80 valence electrons. The van der Waals surface area contributed by atoms with Crippen LogP contribution in [0.2, 0.25) is 0 Å². The summed E-state index contributed by atoms with van der Waals surface area (Å²) in [7, 11) is 0. The Balaban J connectivity index is 2.16. The Bertz CT molecular complexity index is 450. The molecule has 3 nitrogen and oxygen atoms in total. The van der Waals surface area contributed by atoms with Gasteiger partial charge in [0.2, 0.25) is 0 Å². The average Bonchev–Trinajstić information content (AvgIpc) is 2.60. The highest BCUT2D eigenvalue weighted by Crippen LogP contribution is 2.13. The second kappa shape index (κ2) is 4.40. The molecule has 0 saturated heterocycles. The van der Waals surface area contributed by atoms with Crippen LogP contribution in [0.25, 0.3) is 11.0 Å². The molecule has 0 aliphatic carbocycles. The first-order chi connectivity index (χ1) is 7.29. The lowest BCUT2D eigenvalue weighted by molar-refractivity contribution is 0.629. The third-order valence-corrected chi connectivity index (χ3v) is 2.36. The number of H-pyrrole nitrogens is 1. The average molecular weight is 207 g/mol. The van der Waals surface area contributed by atoms with Gasteiger partial charge in [-0.2, -0.15) is 0 Å². The fourth-order valence-electron chi connectivity index (χ4n) is 1.59. The van der Waals surface area contributed by atoms with Gasteiger partial charge in [0.25, 0.3) is 0 Å². The molecule has 0 spiro atoms. The molecular weight excluding hydrogens is 193 g/mol. The maximum absolute atomic E-state index is 12.9. The summed E-state index contributed by atoms with van der Waals surface area (Å²) in [6.07, 6.45) is 2.87. The predicted octanol–water partition coefficient (Wildman–Crippen LogP) is 1.98. The molecule has 2 aromatic rings. The molecule has 3 N–H and O–H groups in total. The van der Waals surface area contributed by atoms with Gasteiger partial charge in [-0.1, -0.05) is 0 Å². The SMILES string of the molecule is NCCCCc1nc2ccc(F)cc2[nH]1. The van der Waals surface area contributed by atoms with E-state index in [1.54, 1.807) is 6.07 Å². The number of fused-ring (bicyclic) bond motifs is 1. The summed E-state index contributed by atoms with van der Waals surface area (Å²) in [6.45, 7) is 0.703. The Kier molecular flexibility index (Phi) is 2.97. The van der Waals surface area contributed by atoms with Gasteiger partial charge in [-0.15, -0.1) is 0 Å². The largest absolute Gasteiger partial charge is 0.342 e. The standard InChI is InChI=1S/C11H14FN3/c12-8-4-5-9-10(7-8)15-11(14-9)3-1-2-6-13/h4-5,7H,1-3,6,13H2,(H,14,15). The zero-order valence-electron chi connectivity index (χ0n) is 8.46. The summed E-state index contributed by atoms with van der Waals surface area (Å²) in [6, 6.07) is 4.58. The van der Waals surface area contributed by atoms with E-state index < -0.39 is 0 Å².